The molecule has 0 heterocycles. The highest BCUT2D eigenvalue weighted by Crippen LogP contribution is 2.11. The van der Waals surface area contributed by atoms with Crippen LogP contribution >= 0.6 is 11.6 Å². The minimum absolute atomic E-state index is 0.243. The molecule has 1 rings (SSSR count). The molecule has 0 bridgehead atoms. The van der Waals surface area contributed by atoms with Crippen molar-refractivity contribution in [3.05, 3.63) is 34.9 Å². The summed E-state index contributed by atoms with van der Waals surface area (Å²) >= 11 is 5.76. The fourth-order valence-electron chi connectivity index (χ4n) is 0.976. The lowest BCUT2D eigenvalue weighted by atomic mass is 10.1. The predicted molar refractivity (Wildman–Crippen MR) is 46.9 cm³/mol. The van der Waals surface area contributed by atoms with Crippen molar-refractivity contribution >= 4 is 11.6 Å². The third-order valence-corrected chi connectivity index (χ3v) is 1.75. The molecule has 1 N–H and O–H groups in total. The van der Waals surface area contributed by atoms with Gasteiger partial charge in [-0.3, -0.25) is 0 Å². The number of hydrogen-bond donors (Lipinski definition) is 1. The zero-order chi connectivity index (χ0) is 8.10. The molecule has 1 aromatic carbocycles. The van der Waals surface area contributed by atoms with Gasteiger partial charge in [-0.1, -0.05) is 23.7 Å². The summed E-state index contributed by atoms with van der Waals surface area (Å²) in [5, 5.41) is 9.33. The monoisotopic (exact) mass is 170 g/mol. The maximum Gasteiger partial charge on any atom is 0.0434 e. The lowest BCUT2D eigenvalue weighted by Gasteiger charge is -1.98. The molecule has 11 heavy (non-hydrogen) atoms. The quantitative estimate of drug-likeness (QED) is 0.738. The zero-order valence-corrected chi connectivity index (χ0v) is 7.01. The van der Waals surface area contributed by atoms with E-state index in [1.807, 2.05) is 24.3 Å². The summed E-state index contributed by atoms with van der Waals surface area (Å²) in [5.41, 5.74) is 1.19. The number of benzene rings is 1. The van der Waals surface area contributed by atoms with E-state index in [1.165, 1.54) is 5.56 Å². The van der Waals surface area contributed by atoms with E-state index in [-0.39, 0.29) is 6.61 Å². The van der Waals surface area contributed by atoms with E-state index in [9.17, 15) is 0 Å². The molecule has 0 amide bonds. The Balaban J connectivity index is 2.56. The van der Waals surface area contributed by atoms with Crippen molar-refractivity contribution in [2.75, 3.05) is 6.61 Å². The van der Waals surface area contributed by atoms with Gasteiger partial charge in [-0.05, 0) is 30.5 Å². The van der Waals surface area contributed by atoms with Crippen LogP contribution in [0.4, 0.5) is 0 Å². The minimum Gasteiger partial charge on any atom is -0.396 e. The molecule has 0 aliphatic heterocycles. The van der Waals surface area contributed by atoms with Crippen LogP contribution in [0.3, 0.4) is 0 Å². The number of rotatable bonds is 3. The number of aliphatic hydroxyl groups excluding tert-OH is 1. The summed E-state index contributed by atoms with van der Waals surface area (Å²) in [5.74, 6) is 0. The Morgan fingerprint density at radius 3 is 2.82 bits per heavy atom. The third-order valence-electron chi connectivity index (χ3n) is 1.51. The van der Waals surface area contributed by atoms with Crippen LogP contribution in [0.5, 0.6) is 0 Å². The first kappa shape index (κ1) is 8.57. The number of hydrogen-bond acceptors (Lipinski definition) is 1. The van der Waals surface area contributed by atoms with E-state index < -0.39 is 0 Å². The Morgan fingerprint density at radius 1 is 1.36 bits per heavy atom. The molecule has 0 saturated carbocycles. The lowest BCUT2D eigenvalue weighted by Crippen LogP contribution is -1.88. The summed E-state index contributed by atoms with van der Waals surface area (Å²) in [6.07, 6.45) is 1.71. The van der Waals surface area contributed by atoms with Crippen molar-refractivity contribution < 1.29 is 5.11 Å². The van der Waals surface area contributed by atoms with E-state index in [2.05, 4.69) is 0 Å². The largest absolute Gasteiger partial charge is 0.396 e. The molecule has 0 spiro atoms. The Kier molecular flexibility index (Phi) is 3.40. The molecule has 0 atom stereocenters. The van der Waals surface area contributed by atoms with Gasteiger partial charge in [-0.15, -0.1) is 0 Å². The second-order valence-corrected chi connectivity index (χ2v) is 2.89. The van der Waals surface area contributed by atoms with Crippen molar-refractivity contribution in [3.63, 3.8) is 0 Å². The first-order valence-electron chi connectivity index (χ1n) is 3.68. The molecule has 60 valence electrons. The van der Waals surface area contributed by atoms with Crippen molar-refractivity contribution in [3.8, 4) is 0 Å². The SMILES string of the molecule is OCCCc1cccc(Cl)c1. The van der Waals surface area contributed by atoms with Gasteiger partial charge in [0.05, 0.1) is 0 Å². The zero-order valence-electron chi connectivity index (χ0n) is 6.26. The Bertz CT molecular complexity index is 223. The van der Waals surface area contributed by atoms with Crippen LogP contribution < -0.4 is 0 Å². The van der Waals surface area contributed by atoms with E-state index in [0.717, 1.165) is 17.9 Å². The van der Waals surface area contributed by atoms with Crippen molar-refractivity contribution in [2.45, 2.75) is 12.8 Å². The topological polar surface area (TPSA) is 20.2 Å². The molecule has 0 aliphatic carbocycles. The lowest BCUT2D eigenvalue weighted by molar-refractivity contribution is 0.288. The highest BCUT2D eigenvalue weighted by Gasteiger charge is 1.92. The van der Waals surface area contributed by atoms with Crippen LogP contribution in [0.25, 0.3) is 0 Å². The summed E-state index contributed by atoms with van der Waals surface area (Å²) in [6, 6.07) is 7.72. The van der Waals surface area contributed by atoms with Crippen LogP contribution in [0, 0.1) is 0 Å². The average Bonchev–Trinajstić information content (AvgIpc) is 2.01. The summed E-state index contributed by atoms with van der Waals surface area (Å²) in [7, 11) is 0. The maximum absolute atomic E-state index is 8.56. The van der Waals surface area contributed by atoms with Gasteiger partial charge in [0, 0.05) is 11.6 Å². The molecule has 0 fully saturated rings. The van der Waals surface area contributed by atoms with Crippen LogP contribution in [0.2, 0.25) is 5.02 Å². The van der Waals surface area contributed by atoms with Gasteiger partial charge in [0.25, 0.3) is 0 Å². The van der Waals surface area contributed by atoms with Gasteiger partial charge in [0.2, 0.25) is 0 Å². The Morgan fingerprint density at radius 2 is 2.18 bits per heavy atom. The van der Waals surface area contributed by atoms with Crippen molar-refractivity contribution in [2.24, 2.45) is 0 Å². The van der Waals surface area contributed by atoms with Gasteiger partial charge in [0.15, 0.2) is 0 Å². The normalized spacial score (nSPS) is 10.0. The van der Waals surface area contributed by atoms with E-state index in [4.69, 9.17) is 16.7 Å². The van der Waals surface area contributed by atoms with E-state index in [1.54, 1.807) is 0 Å². The minimum atomic E-state index is 0.243. The second kappa shape index (κ2) is 4.37. The van der Waals surface area contributed by atoms with Crippen LogP contribution in [0.1, 0.15) is 12.0 Å². The highest BCUT2D eigenvalue weighted by molar-refractivity contribution is 6.30. The molecular formula is C9H11ClO. The molecule has 0 aliphatic rings. The molecule has 1 nitrogen and oxygen atoms in total. The average molecular weight is 171 g/mol. The number of aliphatic hydroxyl groups is 1. The summed E-state index contributed by atoms with van der Waals surface area (Å²) in [6.45, 7) is 0.243. The molecule has 0 radical (unpaired) electrons. The van der Waals surface area contributed by atoms with Crippen molar-refractivity contribution in [1.29, 1.82) is 0 Å². The number of halogens is 1. The first-order valence-corrected chi connectivity index (χ1v) is 4.06. The summed E-state index contributed by atoms with van der Waals surface area (Å²) in [4.78, 5) is 0. The Labute approximate surface area is 71.6 Å². The molecule has 2 heteroatoms. The maximum atomic E-state index is 8.56. The third kappa shape index (κ3) is 2.91. The van der Waals surface area contributed by atoms with Crippen LogP contribution in [0.15, 0.2) is 24.3 Å². The van der Waals surface area contributed by atoms with Crippen LogP contribution in [-0.4, -0.2) is 11.7 Å². The van der Waals surface area contributed by atoms with Gasteiger partial charge in [-0.2, -0.15) is 0 Å². The molecule has 0 aromatic heterocycles. The fraction of sp³-hybridized carbons (Fsp3) is 0.333. The molecule has 1 aromatic rings. The van der Waals surface area contributed by atoms with E-state index in [0.29, 0.717) is 0 Å². The molecular weight excluding hydrogens is 160 g/mol. The van der Waals surface area contributed by atoms with Gasteiger partial charge in [0.1, 0.15) is 0 Å². The smallest absolute Gasteiger partial charge is 0.0434 e. The molecule has 0 unspecified atom stereocenters. The second-order valence-electron chi connectivity index (χ2n) is 2.46. The highest BCUT2D eigenvalue weighted by atomic mass is 35.5. The van der Waals surface area contributed by atoms with E-state index >= 15 is 0 Å². The first-order chi connectivity index (χ1) is 5.33. The number of aryl methyl sites for hydroxylation is 1. The van der Waals surface area contributed by atoms with Crippen molar-refractivity contribution in [1.82, 2.24) is 0 Å². The predicted octanol–water partition coefficient (Wildman–Crippen LogP) is 2.26. The molecule has 0 saturated heterocycles. The van der Waals surface area contributed by atoms with Gasteiger partial charge in [-0.25, -0.2) is 0 Å². The summed E-state index contributed by atoms with van der Waals surface area (Å²) < 4.78 is 0. The standard InChI is InChI=1S/C9H11ClO/c10-9-5-1-3-8(7-9)4-2-6-11/h1,3,5,7,11H,2,4,6H2. The fourth-order valence-corrected chi connectivity index (χ4v) is 1.19. The Hall–Kier alpha value is -0.530. The van der Waals surface area contributed by atoms with Gasteiger partial charge < -0.3 is 5.11 Å². The van der Waals surface area contributed by atoms with Crippen LogP contribution in [-0.2, 0) is 6.42 Å². The van der Waals surface area contributed by atoms with Gasteiger partial charge >= 0.3 is 0 Å².